The van der Waals surface area contributed by atoms with Gasteiger partial charge in [-0.2, -0.15) is 0 Å². The summed E-state index contributed by atoms with van der Waals surface area (Å²) < 4.78 is 5.12. The Balaban J connectivity index is 1.38. The molecule has 0 atom stereocenters. The molecule has 0 radical (unpaired) electrons. The minimum absolute atomic E-state index is 0.0190. The maximum Gasteiger partial charge on any atom is 0.342 e. The first-order chi connectivity index (χ1) is 16.4. The highest BCUT2D eigenvalue weighted by atomic mass is 16.5. The average molecular weight is 455 g/mol. The number of nitrogens with one attached hydrogen (secondary N) is 1. The van der Waals surface area contributed by atoms with Crippen molar-refractivity contribution in [3.8, 4) is 5.75 Å². The highest BCUT2D eigenvalue weighted by molar-refractivity contribution is 6.00. The van der Waals surface area contributed by atoms with Crippen molar-refractivity contribution in [2.75, 3.05) is 16.8 Å². The van der Waals surface area contributed by atoms with Gasteiger partial charge in [-0.3, -0.25) is 4.79 Å². The van der Waals surface area contributed by atoms with Gasteiger partial charge < -0.3 is 20.1 Å². The number of rotatable bonds is 7. The molecule has 0 heterocycles. The van der Waals surface area contributed by atoms with Crippen LogP contribution < -0.4 is 10.2 Å². The number of fused-ring (bicyclic) bond motifs is 1. The van der Waals surface area contributed by atoms with Crippen molar-refractivity contribution in [3.63, 3.8) is 0 Å². The maximum absolute atomic E-state index is 12.4. The zero-order chi connectivity index (χ0) is 24.1. The molecule has 0 aliphatic rings. The molecule has 172 valence electrons. The van der Waals surface area contributed by atoms with E-state index in [1.165, 1.54) is 6.07 Å². The number of hydrogen-bond acceptors (Lipinski definition) is 5. The van der Waals surface area contributed by atoms with Crippen LogP contribution in [0.1, 0.15) is 24.2 Å². The van der Waals surface area contributed by atoms with Crippen LogP contribution in [0.4, 0.5) is 17.1 Å². The lowest BCUT2D eigenvalue weighted by molar-refractivity contribution is -0.119. The number of esters is 1. The van der Waals surface area contributed by atoms with Crippen LogP contribution in [0.5, 0.6) is 5.75 Å². The fourth-order valence-corrected chi connectivity index (χ4v) is 3.84. The first kappa shape index (κ1) is 22.9. The Hall–Kier alpha value is -4.32. The summed E-state index contributed by atoms with van der Waals surface area (Å²) in [5, 5.41) is 14.5. The van der Waals surface area contributed by atoms with Gasteiger partial charge in [-0.1, -0.05) is 42.5 Å². The molecule has 4 aromatic carbocycles. The van der Waals surface area contributed by atoms with Crippen LogP contribution in [0.2, 0.25) is 0 Å². The Morgan fingerprint density at radius 3 is 2.09 bits per heavy atom. The highest BCUT2D eigenvalue weighted by Gasteiger charge is 2.16. The van der Waals surface area contributed by atoms with Crippen LogP contribution in [-0.2, 0) is 9.53 Å². The average Bonchev–Trinajstić information content (AvgIpc) is 2.84. The first-order valence-corrected chi connectivity index (χ1v) is 11.1. The molecule has 0 spiro atoms. The first-order valence-electron chi connectivity index (χ1n) is 11.1. The third-order valence-electron chi connectivity index (χ3n) is 5.40. The van der Waals surface area contributed by atoms with E-state index >= 15 is 0 Å². The summed E-state index contributed by atoms with van der Waals surface area (Å²) >= 11 is 0. The number of amides is 1. The van der Waals surface area contributed by atoms with Crippen LogP contribution in [0, 0.1) is 0 Å². The van der Waals surface area contributed by atoms with Gasteiger partial charge in [0.1, 0.15) is 11.3 Å². The number of phenolic OH excluding ortho intramolecular Hbond substituents is 1. The summed E-state index contributed by atoms with van der Waals surface area (Å²) in [6.07, 6.45) is 0. The van der Waals surface area contributed by atoms with Crippen LogP contribution in [0.15, 0.2) is 91.0 Å². The summed E-state index contributed by atoms with van der Waals surface area (Å²) in [4.78, 5) is 26.9. The summed E-state index contributed by atoms with van der Waals surface area (Å²) in [5.41, 5.74) is 2.69. The molecule has 0 saturated carbocycles. The van der Waals surface area contributed by atoms with Crippen LogP contribution >= 0.6 is 0 Å². The number of aromatic hydroxyl groups is 1. The van der Waals surface area contributed by atoms with Gasteiger partial charge in [0.15, 0.2) is 6.61 Å². The predicted octanol–water partition coefficient (Wildman–Crippen LogP) is 5.89. The lowest BCUT2D eigenvalue weighted by Crippen LogP contribution is -2.25. The number of benzene rings is 4. The number of hydrogen-bond donors (Lipinski definition) is 2. The van der Waals surface area contributed by atoms with Gasteiger partial charge >= 0.3 is 5.97 Å². The largest absolute Gasteiger partial charge is 0.507 e. The van der Waals surface area contributed by atoms with Gasteiger partial charge in [0.05, 0.1) is 0 Å². The van der Waals surface area contributed by atoms with Crippen molar-refractivity contribution in [3.05, 3.63) is 96.6 Å². The van der Waals surface area contributed by atoms with Gasteiger partial charge in [0, 0.05) is 23.1 Å². The molecule has 4 aromatic rings. The topological polar surface area (TPSA) is 78.9 Å². The molecule has 4 rings (SSSR count). The molecule has 0 fully saturated rings. The number of para-hydroxylation sites is 1. The minimum atomic E-state index is -0.760. The summed E-state index contributed by atoms with van der Waals surface area (Å²) in [6, 6.07) is 28.2. The number of anilines is 3. The Kier molecular flexibility index (Phi) is 6.78. The van der Waals surface area contributed by atoms with Crippen molar-refractivity contribution in [2.45, 2.75) is 19.9 Å². The van der Waals surface area contributed by atoms with Crippen LogP contribution in [0.25, 0.3) is 10.8 Å². The molecular weight excluding hydrogens is 428 g/mol. The molecule has 0 unspecified atom stereocenters. The fourth-order valence-electron chi connectivity index (χ4n) is 3.84. The summed E-state index contributed by atoms with van der Waals surface area (Å²) in [5.74, 6) is -1.41. The molecule has 0 saturated heterocycles. The number of phenols is 1. The number of carbonyl (C=O) groups excluding carboxylic acids is 2. The molecule has 0 aliphatic carbocycles. The second-order valence-corrected chi connectivity index (χ2v) is 8.19. The Labute approximate surface area is 198 Å². The SMILES string of the molecule is CC(C)N(c1ccccc1)c1ccc(NC(=O)COC(=O)c2cc3ccccc3cc2O)cc1. The molecule has 0 bridgehead atoms. The molecule has 34 heavy (non-hydrogen) atoms. The van der Waals surface area contributed by atoms with E-state index in [1.807, 2.05) is 66.7 Å². The van der Waals surface area contributed by atoms with Crippen molar-refractivity contribution in [1.82, 2.24) is 0 Å². The second-order valence-electron chi connectivity index (χ2n) is 8.19. The molecule has 0 aromatic heterocycles. The van der Waals surface area contributed by atoms with Crippen molar-refractivity contribution in [2.24, 2.45) is 0 Å². The van der Waals surface area contributed by atoms with Crippen LogP contribution in [-0.4, -0.2) is 29.6 Å². The van der Waals surface area contributed by atoms with E-state index in [0.717, 1.165) is 22.1 Å². The van der Waals surface area contributed by atoms with Gasteiger partial charge in [-0.25, -0.2) is 4.79 Å². The molecule has 6 heteroatoms. The number of carbonyl (C=O) groups is 2. The van der Waals surface area contributed by atoms with Crippen molar-refractivity contribution < 1.29 is 19.4 Å². The van der Waals surface area contributed by atoms with Crippen molar-refractivity contribution >= 4 is 39.7 Å². The Morgan fingerprint density at radius 2 is 1.44 bits per heavy atom. The van der Waals surface area contributed by atoms with E-state index in [9.17, 15) is 14.7 Å². The third kappa shape index (κ3) is 5.18. The Bertz CT molecular complexity index is 1300. The van der Waals surface area contributed by atoms with E-state index in [-0.39, 0.29) is 17.4 Å². The zero-order valence-electron chi connectivity index (χ0n) is 19.1. The quantitative estimate of drug-likeness (QED) is 0.341. The molecule has 1 amide bonds. The second kappa shape index (κ2) is 10.1. The zero-order valence-corrected chi connectivity index (χ0v) is 19.1. The van der Waals surface area contributed by atoms with E-state index in [0.29, 0.717) is 5.69 Å². The minimum Gasteiger partial charge on any atom is -0.507 e. The predicted molar refractivity (Wildman–Crippen MR) is 135 cm³/mol. The van der Waals surface area contributed by atoms with Crippen LogP contribution in [0.3, 0.4) is 0 Å². The maximum atomic E-state index is 12.4. The molecule has 6 nitrogen and oxygen atoms in total. The van der Waals surface area contributed by atoms with E-state index in [1.54, 1.807) is 6.07 Å². The van der Waals surface area contributed by atoms with E-state index < -0.39 is 18.5 Å². The van der Waals surface area contributed by atoms with Gasteiger partial charge in [-0.05, 0) is 73.2 Å². The molecule has 2 N–H and O–H groups in total. The van der Waals surface area contributed by atoms with Gasteiger partial charge in [0.25, 0.3) is 5.91 Å². The lowest BCUT2D eigenvalue weighted by Gasteiger charge is -2.29. The highest BCUT2D eigenvalue weighted by Crippen LogP contribution is 2.29. The summed E-state index contributed by atoms with van der Waals surface area (Å²) in [6.45, 7) is 3.77. The normalized spacial score (nSPS) is 10.8. The summed E-state index contributed by atoms with van der Waals surface area (Å²) in [7, 11) is 0. The third-order valence-corrected chi connectivity index (χ3v) is 5.40. The fraction of sp³-hybridized carbons (Fsp3) is 0.143. The Morgan fingerprint density at radius 1 is 0.853 bits per heavy atom. The van der Waals surface area contributed by atoms with Crippen molar-refractivity contribution in [1.29, 1.82) is 0 Å². The number of nitrogens with zero attached hydrogens (tertiary/aromatic N) is 1. The standard InChI is InChI=1S/C28H26N2O4/c1-19(2)30(23-10-4-3-5-11-23)24-14-12-22(13-15-24)29-27(32)18-34-28(33)25-16-20-8-6-7-9-21(20)17-26(25)31/h3-17,19,31H,18H2,1-2H3,(H,29,32). The monoisotopic (exact) mass is 454 g/mol. The molecular formula is C28H26N2O4. The smallest absolute Gasteiger partial charge is 0.342 e. The number of ether oxygens (including phenoxy) is 1. The van der Waals surface area contributed by atoms with E-state index in [4.69, 9.17) is 4.74 Å². The van der Waals surface area contributed by atoms with Gasteiger partial charge in [0.2, 0.25) is 0 Å². The lowest BCUT2D eigenvalue weighted by atomic mass is 10.1. The molecule has 0 aliphatic heterocycles. The van der Waals surface area contributed by atoms with E-state index in [2.05, 4.69) is 36.2 Å². The van der Waals surface area contributed by atoms with Gasteiger partial charge in [-0.15, -0.1) is 0 Å².